The Balaban J connectivity index is 1.52. The van der Waals surface area contributed by atoms with Crippen LogP contribution in [0.2, 0.25) is 0 Å². The molecule has 10 heteroatoms. The van der Waals surface area contributed by atoms with Gasteiger partial charge in [0, 0.05) is 25.0 Å². The van der Waals surface area contributed by atoms with Gasteiger partial charge in [-0.15, -0.1) is 0 Å². The van der Waals surface area contributed by atoms with Crippen LogP contribution in [0.3, 0.4) is 0 Å². The Morgan fingerprint density at radius 1 is 0.967 bits per heavy atom. The number of aromatic amines is 2. The van der Waals surface area contributed by atoms with Gasteiger partial charge in [-0.2, -0.15) is 10.2 Å². The molecule has 30 heavy (non-hydrogen) atoms. The second-order valence-electron chi connectivity index (χ2n) is 7.13. The van der Waals surface area contributed by atoms with Crippen LogP contribution in [0, 0.1) is 6.92 Å². The second kappa shape index (κ2) is 6.08. The molecule has 2 N–H and O–H groups in total. The van der Waals surface area contributed by atoms with Gasteiger partial charge in [-0.05, 0) is 19.1 Å². The highest BCUT2D eigenvalue weighted by molar-refractivity contribution is 5.92. The lowest BCUT2D eigenvalue weighted by Crippen LogP contribution is -1.92. The number of aromatic nitrogens is 10. The minimum absolute atomic E-state index is 0.623. The molecular weight excluding hydrogens is 380 g/mol. The Morgan fingerprint density at radius 2 is 1.90 bits per heavy atom. The van der Waals surface area contributed by atoms with Crippen molar-refractivity contribution < 1.29 is 0 Å². The maximum atomic E-state index is 4.81. The summed E-state index contributed by atoms with van der Waals surface area (Å²) in [6.07, 6.45) is 10.9. The number of hydrogen-bond donors (Lipinski definition) is 2. The number of aryl methyl sites for hydroxylation is 2. The summed E-state index contributed by atoms with van der Waals surface area (Å²) in [7, 11) is 1.88. The number of pyridine rings is 2. The monoisotopic (exact) mass is 396 g/mol. The highest BCUT2D eigenvalue weighted by Gasteiger charge is 2.17. The van der Waals surface area contributed by atoms with Crippen LogP contribution in [0.5, 0.6) is 0 Å². The van der Waals surface area contributed by atoms with E-state index in [9.17, 15) is 0 Å². The Bertz CT molecular complexity index is 1530. The second-order valence-corrected chi connectivity index (χ2v) is 7.13. The van der Waals surface area contributed by atoms with Gasteiger partial charge in [-0.3, -0.25) is 14.8 Å². The van der Waals surface area contributed by atoms with Crippen LogP contribution in [0.15, 0.2) is 49.4 Å². The predicted molar refractivity (Wildman–Crippen MR) is 111 cm³/mol. The van der Waals surface area contributed by atoms with Crippen LogP contribution in [0.25, 0.3) is 50.5 Å². The molecule has 0 amide bonds. The van der Waals surface area contributed by atoms with Crippen LogP contribution < -0.4 is 0 Å². The number of imidazole rings is 2. The Hall–Kier alpha value is -4.34. The van der Waals surface area contributed by atoms with Gasteiger partial charge in [-0.25, -0.2) is 15.0 Å². The number of hydrogen-bond acceptors (Lipinski definition) is 6. The summed E-state index contributed by atoms with van der Waals surface area (Å²) >= 11 is 0. The first-order valence-electron chi connectivity index (χ1n) is 9.35. The van der Waals surface area contributed by atoms with E-state index in [-0.39, 0.29) is 0 Å². The molecule has 0 saturated carbocycles. The van der Waals surface area contributed by atoms with Gasteiger partial charge in [0.25, 0.3) is 0 Å². The van der Waals surface area contributed by atoms with Crippen LogP contribution in [0.1, 0.15) is 5.69 Å². The number of fused-ring (bicyclic) bond motifs is 2. The van der Waals surface area contributed by atoms with Crippen molar-refractivity contribution in [2.45, 2.75) is 6.92 Å². The third-order valence-corrected chi connectivity index (χ3v) is 5.00. The number of rotatable bonds is 3. The maximum absolute atomic E-state index is 4.81. The first-order valence-corrected chi connectivity index (χ1v) is 9.35. The molecule has 0 aliphatic heterocycles. The fraction of sp³-hybridized carbons (Fsp3) is 0.100. The summed E-state index contributed by atoms with van der Waals surface area (Å²) in [5.74, 6) is 0.623. The van der Waals surface area contributed by atoms with Crippen molar-refractivity contribution in [3.05, 3.63) is 55.1 Å². The van der Waals surface area contributed by atoms with E-state index >= 15 is 0 Å². The van der Waals surface area contributed by atoms with Crippen LogP contribution >= 0.6 is 0 Å². The highest BCUT2D eigenvalue weighted by atomic mass is 15.2. The van der Waals surface area contributed by atoms with E-state index in [4.69, 9.17) is 9.97 Å². The predicted octanol–water partition coefficient (Wildman–Crippen LogP) is 2.79. The zero-order valence-electron chi connectivity index (χ0n) is 16.2. The molecule has 10 nitrogen and oxygen atoms in total. The molecule has 6 rings (SSSR count). The van der Waals surface area contributed by atoms with E-state index in [1.54, 1.807) is 29.6 Å². The summed E-state index contributed by atoms with van der Waals surface area (Å²) in [6, 6.07) is 3.91. The van der Waals surface area contributed by atoms with Gasteiger partial charge >= 0.3 is 0 Å². The average molecular weight is 396 g/mol. The van der Waals surface area contributed by atoms with E-state index < -0.39 is 0 Å². The molecule has 0 spiro atoms. The molecule has 0 unspecified atom stereocenters. The van der Waals surface area contributed by atoms with E-state index in [2.05, 4.69) is 30.2 Å². The molecule has 146 valence electrons. The van der Waals surface area contributed by atoms with Crippen LogP contribution in [-0.4, -0.2) is 49.5 Å². The van der Waals surface area contributed by atoms with Crippen molar-refractivity contribution in [1.82, 2.24) is 49.5 Å². The summed E-state index contributed by atoms with van der Waals surface area (Å²) in [6.45, 7) is 1.95. The summed E-state index contributed by atoms with van der Waals surface area (Å²) in [5, 5.41) is 11.7. The standard InChI is InChI=1S/C20H16N10/c1-11-8-30(10-22-11)16-7-21-6-15-17(16)26-20(25-15)19-18-14(27-28-19)4-3-13(24-18)12-5-23-29(2)9-12/h3-10H,1-2H3,(H,25,26)(H,27,28). The lowest BCUT2D eigenvalue weighted by molar-refractivity contribution is 0.768. The van der Waals surface area contributed by atoms with Gasteiger partial charge in [0.1, 0.15) is 11.0 Å². The van der Waals surface area contributed by atoms with Gasteiger partial charge in [0.2, 0.25) is 0 Å². The van der Waals surface area contributed by atoms with Crippen LogP contribution in [0.4, 0.5) is 0 Å². The van der Waals surface area contributed by atoms with E-state index in [0.717, 1.165) is 44.7 Å². The van der Waals surface area contributed by atoms with Crippen molar-refractivity contribution >= 4 is 22.1 Å². The Labute approximate surface area is 169 Å². The zero-order valence-corrected chi connectivity index (χ0v) is 16.2. The van der Waals surface area contributed by atoms with E-state index in [0.29, 0.717) is 11.5 Å². The molecule has 6 heterocycles. The first kappa shape index (κ1) is 16.6. The summed E-state index contributed by atoms with van der Waals surface area (Å²) < 4.78 is 3.67. The molecule has 6 aromatic rings. The van der Waals surface area contributed by atoms with Crippen molar-refractivity contribution in [3.8, 4) is 28.5 Å². The van der Waals surface area contributed by atoms with Crippen molar-refractivity contribution in [2.75, 3.05) is 0 Å². The van der Waals surface area contributed by atoms with Gasteiger partial charge in [-0.1, -0.05) is 0 Å². The lowest BCUT2D eigenvalue weighted by Gasteiger charge is -2.01. The third kappa shape index (κ3) is 2.50. The van der Waals surface area contributed by atoms with Crippen LogP contribution in [-0.2, 0) is 7.05 Å². The van der Waals surface area contributed by atoms with Gasteiger partial charge < -0.3 is 9.55 Å². The van der Waals surface area contributed by atoms with Crippen molar-refractivity contribution in [3.63, 3.8) is 0 Å². The molecular formula is C20H16N10. The molecule has 0 radical (unpaired) electrons. The number of H-pyrrole nitrogens is 2. The molecule has 0 bridgehead atoms. The first-order chi connectivity index (χ1) is 14.7. The summed E-state index contributed by atoms with van der Waals surface area (Å²) in [4.78, 5) is 21.6. The quantitative estimate of drug-likeness (QED) is 0.475. The van der Waals surface area contributed by atoms with Crippen molar-refractivity contribution in [1.29, 1.82) is 0 Å². The molecule has 0 aliphatic carbocycles. The fourth-order valence-electron chi connectivity index (χ4n) is 3.55. The van der Waals surface area contributed by atoms with E-state index in [1.807, 2.05) is 43.1 Å². The molecule has 0 aromatic carbocycles. The normalized spacial score (nSPS) is 11.7. The topological polar surface area (TPSA) is 119 Å². The Kier molecular flexibility index (Phi) is 3.36. The number of nitrogens with zero attached hydrogens (tertiary/aromatic N) is 8. The largest absolute Gasteiger partial charge is 0.335 e. The molecule has 0 fully saturated rings. The van der Waals surface area contributed by atoms with Gasteiger partial charge in [0.05, 0.1) is 53.0 Å². The lowest BCUT2D eigenvalue weighted by atomic mass is 10.2. The smallest absolute Gasteiger partial charge is 0.161 e. The Morgan fingerprint density at radius 3 is 2.70 bits per heavy atom. The third-order valence-electron chi connectivity index (χ3n) is 5.00. The summed E-state index contributed by atoms with van der Waals surface area (Å²) in [5.41, 5.74) is 7.37. The van der Waals surface area contributed by atoms with Crippen molar-refractivity contribution in [2.24, 2.45) is 7.05 Å². The molecule has 0 saturated heterocycles. The minimum Gasteiger partial charge on any atom is -0.335 e. The van der Waals surface area contributed by atoms with Gasteiger partial charge in [0.15, 0.2) is 11.5 Å². The maximum Gasteiger partial charge on any atom is 0.161 e. The fourth-order valence-corrected chi connectivity index (χ4v) is 3.55. The van der Waals surface area contributed by atoms with E-state index in [1.165, 1.54) is 0 Å². The minimum atomic E-state index is 0.623. The molecule has 0 aliphatic rings. The molecule has 6 aromatic heterocycles. The molecule has 0 atom stereocenters. The highest BCUT2D eigenvalue weighted by Crippen LogP contribution is 2.28. The average Bonchev–Trinajstić information content (AvgIpc) is 3.52. The SMILES string of the molecule is Cc1cn(-c2cncc3[nH]c(-c4n[nH]c5ccc(-c6cnn(C)c6)nc45)nc23)cn1. The zero-order chi connectivity index (χ0) is 20.2. The number of nitrogens with one attached hydrogen (secondary N) is 2.